The summed E-state index contributed by atoms with van der Waals surface area (Å²) in [6.45, 7) is 7.83. The van der Waals surface area contributed by atoms with Crippen LogP contribution in [0.2, 0.25) is 5.02 Å². The van der Waals surface area contributed by atoms with Crippen LogP contribution in [0.1, 0.15) is 38.2 Å². The van der Waals surface area contributed by atoms with E-state index in [0.717, 1.165) is 35.6 Å². The van der Waals surface area contributed by atoms with Gasteiger partial charge in [-0.25, -0.2) is 0 Å². The zero-order valence-corrected chi connectivity index (χ0v) is 15.8. The van der Waals surface area contributed by atoms with Crippen molar-refractivity contribution in [2.24, 2.45) is 10.9 Å². The molecule has 0 atom stereocenters. The van der Waals surface area contributed by atoms with Crippen LogP contribution in [0.4, 0.5) is 0 Å². The van der Waals surface area contributed by atoms with E-state index in [0.29, 0.717) is 0 Å². The van der Waals surface area contributed by atoms with E-state index in [-0.39, 0.29) is 0 Å². The van der Waals surface area contributed by atoms with E-state index < -0.39 is 0 Å². The largest absolute Gasteiger partial charge is 0.356 e. The van der Waals surface area contributed by atoms with Crippen LogP contribution in [-0.4, -0.2) is 44.1 Å². The van der Waals surface area contributed by atoms with E-state index in [4.69, 9.17) is 11.6 Å². The Hall–Kier alpha value is -1.26. The van der Waals surface area contributed by atoms with Crippen LogP contribution < -0.4 is 10.6 Å². The van der Waals surface area contributed by atoms with E-state index in [1.807, 2.05) is 25.2 Å². The standard InChI is InChI=1S/C19H31ClN4/c1-16-8-12-24(13-9-16)11-4-3-10-22-19(21-2)23-15-17-6-5-7-18(20)14-17/h5-7,14,16H,3-4,8-13,15H2,1-2H3,(H2,21,22,23). The van der Waals surface area contributed by atoms with Gasteiger partial charge in [-0.05, 0) is 68.9 Å². The molecule has 1 aromatic rings. The summed E-state index contributed by atoms with van der Waals surface area (Å²) in [6.07, 6.45) is 5.13. The molecular formula is C19H31ClN4. The molecule has 0 saturated carbocycles. The number of benzene rings is 1. The molecular weight excluding hydrogens is 320 g/mol. The first kappa shape index (κ1) is 19.1. The zero-order chi connectivity index (χ0) is 17.2. The summed E-state index contributed by atoms with van der Waals surface area (Å²) in [6, 6.07) is 7.89. The minimum atomic E-state index is 0.728. The second kappa shape index (κ2) is 10.6. The van der Waals surface area contributed by atoms with Gasteiger partial charge in [0.1, 0.15) is 0 Å². The third kappa shape index (κ3) is 7.10. The third-order valence-corrected chi connectivity index (χ3v) is 4.88. The Morgan fingerprint density at radius 3 is 2.75 bits per heavy atom. The van der Waals surface area contributed by atoms with Crippen LogP contribution in [0, 0.1) is 5.92 Å². The number of piperidine rings is 1. The first-order chi connectivity index (χ1) is 11.7. The van der Waals surface area contributed by atoms with Gasteiger partial charge in [0.25, 0.3) is 0 Å². The summed E-state index contributed by atoms with van der Waals surface area (Å²) in [7, 11) is 1.81. The smallest absolute Gasteiger partial charge is 0.191 e. The molecule has 1 aliphatic heterocycles. The summed E-state index contributed by atoms with van der Waals surface area (Å²) in [5, 5.41) is 7.48. The summed E-state index contributed by atoms with van der Waals surface area (Å²) in [4.78, 5) is 6.88. The Bertz CT molecular complexity index is 510. The van der Waals surface area contributed by atoms with Crippen molar-refractivity contribution in [2.75, 3.05) is 33.2 Å². The second-order valence-corrected chi connectivity index (χ2v) is 7.15. The Morgan fingerprint density at radius 2 is 2.04 bits per heavy atom. The van der Waals surface area contributed by atoms with E-state index in [2.05, 4.69) is 33.5 Å². The SMILES string of the molecule is CN=C(NCCCCN1CCC(C)CC1)NCc1cccc(Cl)c1. The van der Waals surface area contributed by atoms with E-state index in [1.54, 1.807) is 0 Å². The quantitative estimate of drug-likeness (QED) is 0.449. The Labute approximate surface area is 151 Å². The van der Waals surface area contributed by atoms with Crippen molar-refractivity contribution < 1.29 is 0 Å². The summed E-state index contributed by atoms with van der Waals surface area (Å²) < 4.78 is 0. The number of aliphatic imine (C=N–C) groups is 1. The fourth-order valence-electron chi connectivity index (χ4n) is 3.01. The van der Waals surface area contributed by atoms with Gasteiger partial charge in [-0.3, -0.25) is 4.99 Å². The first-order valence-electron chi connectivity index (χ1n) is 9.08. The molecule has 4 nitrogen and oxygen atoms in total. The van der Waals surface area contributed by atoms with Crippen molar-refractivity contribution in [1.29, 1.82) is 0 Å². The number of nitrogens with zero attached hydrogens (tertiary/aromatic N) is 2. The molecule has 2 N–H and O–H groups in total. The molecule has 1 saturated heterocycles. The lowest BCUT2D eigenvalue weighted by Gasteiger charge is -2.30. The molecule has 1 fully saturated rings. The van der Waals surface area contributed by atoms with E-state index in [1.165, 1.54) is 45.3 Å². The minimum Gasteiger partial charge on any atom is -0.356 e. The maximum Gasteiger partial charge on any atom is 0.191 e. The van der Waals surface area contributed by atoms with Crippen molar-refractivity contribution in [2.45, 2.75) is 39.2 Å². The number of halogens is 1. The van der Waals surface area contributed by atoms with Crippen molar-refractivity contribution in [1.82, 2.24) is 15.5 Å². The van der Waals surface area contributed by atoms with Crippen molar-refractivity contribution in [3.05, 3.63) is 34.9 Å². The van der Waals surface area contributed by atoms with E-state index >= 15 is 0 Å². The van der Waals surface area contributed by atoms with Gasteiger partial charge in [0.15, 0.2) is 5.96 Å². The van der Waals surface area contributed by atoms with Crippen molar-refractivity contribution in [3.63, 3.8) is 0 Å². The summed E-state index contributed by atoms with van der Waals surface area (Å²) >= 11 is 6.01. The minimum absolute atomic E-state index is 0.728. The van der Waals surface area contributed by atoms with Crippen LogP contribution in [0.15, 0.2) is 29.3 Å². The van der Waals surface area contributed by atoms with Crippen molar-refractivity contribution in [3.8, 4) is 0 Å². The lowest BCUT2D eigenvalue weighted by Crippen LogP contribution is -2.38. The number of rotatable bonds is 7. The number of hydrogen-bond donors (Lipinski definition) is 2. The number of unbranched alkanes of at least 4 members (excludes halogenated alkanes) is 1. The first-order valence-corrected chi connectivity index (χ1v) is 9.46. The number of guanidine groups is 1. The van der Waals surface area contributed by atoms with Gasteiger partial charge in [-0.15, -0.1) is 0 Å². The molecule has 24 heavy (non-hydrogen) atoms. The molecule has 5 heteroatoms. The Kier molecular flexibility index (Phi) is 8.40. The van der Waals surface area contributed by atoms with Gasteiger partial charge in [0.05, 0.1) is 0 Å². The van der Waals surface area contributed by atoms with Crippen LogP contribution in [0.25, 0.3) is 0 Å². The molecule has 134 valence electrons. The second-order valence-electron chi connectivity index (χ2n) is 6.71. The van der Waals surface area contributed by atoms with Gasteiger partial charge in [-0.2, -0.15) is 0 Å². The molecule has 0 unspecified atom stereocenters. The highest BCUT2D eigenvalue weighted by Gasteiger charge is 2.14. The fraction of sp³-hybridized carbons (Fsp3) is 0.632. The molecule has 0 amide bonds. The Morgan fingerprint density at radius 1 is 1.25 bits per heavy atom. The zero-order valence-electron chi connectivity index (χ0n) is 15.0. The van der Waals surface area contributed by atoms with E-state index in [9.17, 15) is 0 Å². The normalized spacial score (nSPS) is 17.0. The average Bonchev–Trinajstić information content (AvgIpc) is 2.59. The number of hydrogen-bond acceptors (Lipinski definition) is 2. The monoisotopic (exact) mass is 350 g/mol. The van der Waals surface area contributed by atoms with Crippen LogP contribution in [0.5, 0.6) is 0 Å². The maximum absolute atomic E-state index is 6.01. The highest BCUT2D eigenvalue weighted by Crippen LogP contribution is 2.16. The maximum atomic E-state index is 6.01. The van der Waals surface area contributed by atoms with Gasteiger partial charge in [0, 0.05) is 25.2 Å². The Balaban J connectivity index is 1.56. The molecule has 1 aromatic carbocycles. The third-order valence-electron chi connectivity index (χ3n) is 4.64. The van der Waals surface area contributed by atoms with Gasteiger partial charge in [0.2, 0.25) is 0 Å². The average molecular weight is 351 g/mol. The predicted octanol–water partition coefficient (Wildman–Crippen LogP) is 3.52. The lowest BCUT2D eigenvalue weighted by molar-refractivity contribution is 0.189. The molecule has 0 aliphatic carbocycles. The van der Waals surface area contributed by atoms with Crippen LogP contribution in [0.3, 0.4) is 0 Å². The van der Waals surface area contributed by atoms with Gasteiger partial charge < -0.3 is 15.5 Å². The topological polar surface area (TPSA) is 39.7 Å². The number of likely N-dealkylation sites (tertiary alicyclic amines) is 1. The number of nitrogens with one attached hydrogen (secondary N) is 2. The molecule has 1 aliphatic rings. The lowest BCUT2D eigenvalue weighted by atomic mass is 9.99. The molecule has 2 rings (SSSR count). The van der Waals surface area contributed by atoms with Gasteiger partial charge >= 0.3 is 0 Å². The summed E-state index contributed by atoms with van der Waals surface area (Å²) in [5.74, 6) is 1.76. The molecule has 0 aromatic heterocycles. The molecule has 0 bridgehead atoms. The predicted molar refractivity (Wildman–Crippen MR) is 104 cm³/mol. The molecule has 0 spiro atoms. The fourth-order valence-corrected chi connectivity index (χ4v) is 3.22. The van der Waals surface area contributed by atoms with Crippen LogP contribution >= 0.6 is 11.6 Å². The molecule has 0 radical (unpaired) electrons. The van der Waals surface area contributed by atoms with Crippen molar-refractivity contribution >= 4 is 17.6 Å². The molecule has 1 heterocycles. The van der Waals surface area contributed by atoms with Gasteiger partial charge in [-0.1, -0.05) is 30.7 Å². The highest BCUT2D eigenvalue weighted by molar-refractivity contribution is 6.30. The highest BCUT2D eigenvalue weighted by atomic mass is 35.5. The summed E-state index contributed by atoms with van der Waals surface area (Å²) in [5.41, 5.74) is 1.16. The van der Waals surface area contributed by atoms with Crippen LogP contribution in [-0.2, 0) is 6.54 Å².